The molecule has 0 spiro atoms. The van der Waals surface area contributed by atoms with E-state index in [-0.39, 0.29) is 18.4 Å². The lowest BCUT2D eigenvalue weighted by atomic mass is 10.1. The van der Waals surface area contributed by atoms with Crippen molar-refractivity contribution in [2.75, 3.05) is 7.11 Å². The second-order valence-corrected chi connectivity index (χ2v) is 5.62. The smallest absolute Gasteiger partial charge is 0.226 e. The Morgan fingerprint density at radius 3 is 2.71 bits per heavy atom. The molecule has 1 aromatic carbocycles. The number of methoxy groups -OCH3 is 1. The Balaban J connectivity index is 1.91. The van der Waals surface area contributed by atoms with Crippen molar-refractivity contribution in [2.24, 2.45) is 5.73 Å². The number of carbonyl (C=O) groups is 1. The lowest BCUT2D eigenvalue weighted by Gasteiger charge is -2.14. The van der Waals surface area contributed by atoms with Crippen LogP contribution in [0.25, 0.3) is 0 Å². The molecule has 2 aromatic rings. The van der Waals surface area contributed by atoms with Crippen LogP contribution in [0.2, 0.25) is 0 Å². The summed E-state index contributed by atoms with van der Waals surface area (Å²) in [6.07, 6.45) is 0.275. The third-order valence-corrected chi connectivity index (χ3v) is 4.03. The SMILES string of the molecule is COc1ccc(C(C)NC(=O)Cc2csc(CN)n2)cc1. The van der Waals surface area contributed by atoms with Crippen LogP contribution >= 0.6 is 11.3 Å². The van der Waals surface area contributed by atoms with Gasteiger partial charge in [-0.15, -0.1) is 11.3 Å². The van der Waals surface area contributed by atoms with Gasteiger partial charge in [0.2, 0.25) is 5.91 Å². The lowest BCUT2D eigenvalue weighted by molar-refractivity contribution is -0.121. The van der Waals surface area contributed by atoms with E-state index in [4.69, 9.17) is 10.5 Å². The maximum absolute atomic E-state index is 12.0. The monoisotopic (exact) mass is 305 g/mol. The first-order valence-corrected chi connectivity index (χ1v) is 7.57. The molecule has 112 valence electrons. The summed E-state index contributed by atoms with van der Waals surface area (Å²) in [5, 5.41) is 5.69. The van der Waals surface area contributed by atoms with Gasteiger partial charge in [0.25, 0.3) is 0 Å². The Bertz CT molecular complexity index is 595. The number of hydrogen-bond donors (Lipinski definition) is 2. The molecule has 5 nitrogen and oxygen atoms in total. The van der Waals surface area contributed by atoms with Gasteiger partial charge in [0.15, 0.2) is 0 Å². The fourth-order valence-electron chi connectivity index (χ4n) is 1.96. The average Bonchev–Trinajstić information content (AvgIpc) is 2.94. The van der Waals surface area contributed by atoms with E-state index in [1.807, 2.05) is 36.6 Å². The van der Waals surface area contributed by atoms with Crippen LogP contribution in [-0.4, -0.2) is 18.0 Å². The number of nitrogens with zero attached hydrogens (tertiary/aromatic N) is 1. The van der Waals surface area contributed by atoms with E-state index >= 15 is 0 Å². The van der Waals surface area contributed by atoms with Gasteiger partial charge < -0.3 is 15.8 Å². The van der Waals surface area contributed by atoms with E-state index in [2.05, 4.69) is 10.3 Å². The van der Waals surface area contributed by atoms with E-state index in [1.165, 1.54) is 11.3 Å². The number of thiazole rings is 1. The molecular weight excluding hydrogens is 286 g/mol. The number of amides is 1. The van der Waals surface area contributed by atoms with Crippen LogP contribution in [0.1, 0.15) is 29.2 Å². The molecule has 1 unspecified atom stereocenters. The number of nitrogens with one attached hydrogen (secondary N) is 1. The second-order valence-electron chi connectivity index (χ2n) is 4.68. The molecule has 21 heavy (non-hydrogen) atoms. The Kier molecular flexibility index (Phi) is 5.30. The standard InChI is InChI=1S/C15H19N3O2S/c1-10(11-3-5-13(20-2)6-4-11)17-14(19)7-12-9-21-15(8-16)18-12/h3-6,9-10H,7-8,16H2,1-2H3,(H,17,19). The Hall–Kier alpha value is -1.92. The van der Waals surface area contributed by atoms with E-state index in [1.54, 1.807) is 7.11 Å². The van der Waals surface area contributed by atoms with Gasteiger partial charge in [-0.25, -0.2) is 4.98 Å². The van der Waals surface area contributed by atoms with Gasteiger partial charge in [-0.1, -0.05) is 12.1 Å². The highest BCUT2D eigenvalue weighted by atomic mass is 32.1. The summed E-state index contributed by atoms with van der Waals surface area (Å²) in [6, 6.07) is 7.59. The van der Waals surface area contributed by atoms with Crippen molar-refractivity contribution in [3.8, 4) is 5.75 Å². The summed E-state index contributed by atoms with van der Waals surface area (Å²) in [6.45, 7) is 2.36. The van der Waals surface area contributed by atoms with E-state index in [0.717, 1.165) is 22.0 Å². The molecule has 1 amide bonds. The first-order valence-electron chi connectivity index (χ1n) is 6.69. The zero-order valence-corrected chi connectivity index (χ0v) is 12.9. The van der Waals surface area contributed by atoms with Gasteiger partial charge in [-0.3, -0.25) is 4.79 Å². The highest BCUT2D eigenvalue weighted by Gasteiger charge is 2.12. The van der Waals surface area contributed by atoms with E-state index < -0.39 is 0 Å². The van der Waals surface area contributed by atoms with Crippen molar-refractivity contribution in [1.29, 1.82) is 0 Å². The summed E-state index contributed by atoms with van der Waals surface area (Å²) < 4.78 is 5.12. The molecule has 0 aliphatic heterocycles. The first kappa shape index (κ1) is 15.5. The van der Waals surface area contributed by atoms with Crippen molar-refractivity contribution >= 4 is 17.2 Å². The third-order valence-electron chi connectivity index (χ3n) is 3.11. The Morgan fingerprint density at radius 2 is 2.14 bits per heavy atom. The van der Waals surface area contributed by atoms with Gasteiger partial charge in [0.05, 0.1) is 25.3 Å². The summed E-state index contributed by atoms with van der Waals surface area (Å²) in [7, 11) is 1.63. The van der Waals surface area contributed by atoms with Crippen molar-refractivity contribution in [1.82, 2.24) is 10.3 Å². The average molecular weight is 305 g/mol. The summed E-state index contributed by atoms with van der Waals surface area (Å²) in [5.74, 6) is 0.751. The molecule has 1 aromatic heterocycles. The third kappa shape index (κ3) is 4.27. The van der Waals surface area contributed by atoms with Gasteiger partial charge in [0.1, 0.15) is 10.8 Å². The number of hydrogen-bond acceptors (Lipinski definition) is 5. The fraction of sp³-hybridized carbons (Fsp3) is 0.333. The predicted octanol–water partition coefficient (Wildman–Crippen LogP) is 2.03. The molecule has 0 fully saturated rings. The largest absolute Gasteiger partial charge is 0.497 e. The van der Waals surface area contributed by atoms with Crippen LogP contribution < -0.4 is 15.8 Å². The molecule has 3 N–H and O–H groups in total. The van der Waals surface area contributed by atoms with Crippen LogP contribution in [0.15, 0.2) is 29.6 Å². The second kappa shape index (κ2) is 7.19. The van der Waals surface area contributed by atoms with Crippen LogP contribution in [0, 0.1) is 0 Å². The number of ether oxygens (including phenoxy) is 1. The zero-order valence-electron chi connectivity index (χ0n) is 12.1. The number of nitrogens with two attached hydrogens (primary N) is 1. The fourth-order valence-corrected chi connectivity index (χ4v) is 2.63. The molecule has 0 saturated carbocycles. The molecular formula is C15H19N3O2S. The summed E-state index contributed by atoms with van der Waals surface area (Å²) in [5.41, 5.74) is 7.31. The Labute approximate surface area is 128 Å². The minimum Gasteiger partial charge on any atom is -0.497 e. The van der Waals surface area contributed by atoms with Crippen molar-refractivity contribution in [2.45, 2.75) is 25.9 Å². The molecule has 0 bridgehead atoms. The first-order chi connectivity index (χ1) is 10.1. The molecule has 0 aliphatic carbocycles. The highest BCUT2D eigenvalue weighted by molar-refractivity contribution is 7.09. The van der Waals surface area contributed by atoms with Crippen molar-refractivity contribution in [3.05, 3.63) is 45.9 Å². The maximum Gasteiger partial charge on any atom is 0.226 e. The highest BCUT2D eigenvalue weighted by Crippen LogP contribution is 2.17. The Morgan fingerprint density at radius 1 is 1.43 bits per heavy atom. The van der Waals surface area contributed by atoms with Crippen molar-refractivity contribution in [3.63, 3.8) is 0 Å². The molecule has 1 heterocycles. The van der Waals surface area contributed by atoms with Crippen molar-refractivity contribution < 1.29 is 9.53 Å². The normalized spacial score (nSPS) is 12.0. The van der Waals surface area contributed by atoms with Crippen LogP contribution in [0.3, 0.4) is 0 Å². The molecule has 6 heteroatoms. The molecule has 0 radical (unpaired) electrons. The molecule has 1 atom stereocenters. The minimum absolute atomic E-state index is 0.0489. The molecule has 0 aliphatic rings. The van der Waals surface area contributed by atoms with Gasteiger partial charge >= 0.3 is 0 Å². The number of carbonyl (C=O) groups excluding carboxylic acids is 1. The quantitative estimate of drug-likeness (QED) is 0.856. The molecule has 0 saturated heterocycles. The minimum atomic E-state index is -0.0592. The number of benzene rings is 1. The lowest BCUT2D eigenvalue weighted by Crippen LogP contribution is -2.28. The topological polar surface area (TPSA) is 77.2 Å². The van der Waals surface area contributed by atoms with Gasteiger partial charge in [-0.2, -0.15) is 0 Å². The summed E-state index contributed by atoms with van der Waals surface area (Å²) >= 11 is 1.48. The predicted molar refractivity (Wildman–Crippen MR) is 83.3 cm³/mol. The maximum atomic E-state index is 12.0. The van der Waals surface area contributed by atoms with E-state index in [9.17, 15) is 4.79 Å². The van der Waals surface area contributed by atoms with Gasteiger partial charge in [0, 0.05) is 11.9 Å². The molecule has 2 rings (SSSR count). The summed E-state index contributed by atoms with van der Waals surface area (Å²) in [4.78, 5) is 16.3. The van der Waals surface area contributed by atoms with Crippen LogP contribution in [-0.2, 0) is 17.8 Å². The zero-order chi connectivity index (χ0) is 15.2. The van der Waals surface area contributed by atoms with E-state index in [0.29, 0.717) is 6.54 Å². The number of aromatic nitrogens is 1. The van der Waals surface area contributed by atoms with Gasteiger partial charge in [-0.05, 0) is 24.6 Å². The van der Waals surface area contributed by atoms with Crippen LogP contribution in [0.4, 0.5) is 0 Å². The number of rotatable bonds is 6. The van der Waals surface area contributed by atoms with Crippen LogP contribution in [0.5, 0.6) is 5.75 Å².